The second-order valence-electron chi connectivity index (χ2n) is 6.53. The largest absolute Gasteiger partial charge is 0.293 e. The van der Waals surface area contributed by atoms with Crippen molar-refractivity contribution >= 4 is 0 Å². The molecule has 3 aliphatic rings. The topological polar surface area (TPSA) is 3.24 Å². The molecule has 1 aliphatic carbocycles. The van der Waals surface area contributed by atoms with Crippen LogP contribution in [-0.2, 0) is 0 Å². The third kappa shape index (κ3) is 1.25. The van der Waals surface area contributed by atoms with Crippen LogP contribution in [0.4, 0.5) is 4.39 Å². The van der Waals surface area contributed by atoms with Crippen molar-refractivity contribution in [1.29, 1.82) is 0 Å². The lowest BCUT2D eigenvalue weighted by Gasteiger charge is -2.39. The Morgan fingerprint density at radius 1 is 1.38 bits per heavy atom. The zero-order chi connectivity index (χ0) is 11.4. The van der Waals surface area contributed by atoms with Crippen LogP contribution in [0, 0.1) is 11.3 Å². The van der Waals surface area contributed by atoms with Gasteiger partial charge in [-0.2, -0.15) is 0 Å². The van der Waals surface area contributed by atoms with Gasteiger partial charge in [0.2, 0.25) is 0 Å². The maximum atomic E-state index is 12.8. The Morgan fingerprint density at radius 2 is 2.12 bits per heavy atom. The lowest BCUT2D eigenvalue weighted by molar-refractivity contribution is 0.108. The van der Waals surface area contributed by atoms with E-state index in [0.29, 0.717) is 11.0 Å². The molecule has 3 fully saturated rings. The maximum absolute atomic E-state index is 12.8. The van der Waals surface area contributed by atoms with E-state index in [2.05, 4.69) is 18.7 Å². The Hall–Kier alpha value is -0.370. The number of halogens is 1. The molecule has 90 valence electrons. The number of hydrogen-bond donors (Lipinski definition) is 0. The molecule has 0 aromatic heterocycles. The van der Waals surface area contributed by atoms with Crippen LogP contribution < -0.4 is 0 Å². The van der Waals surface area contributed by atoms with Crippen molar-refractivity contribution in [2.75, 3.05) is 13.1 Å². The van der Waals surface area contributed by atoms with E-state index in [-0.39, 0.29) is 0 Å². The minimum absolute atomic E-state index is 0.332. The molecule has 2 saturated heterocycles. The van der Waals surface area contributed by atoms with Crippen LogP contribution in [0.1, 0.15) is 46.0 Å². The van der Waals surface area contributed by atoms with Gasteiger partial charge in [-0.15, -0.1) is 0 Å². The number of fused-ring (bicyclic) bond motifs is 2. The minimum atomic E-state index is 0.332. The van der Waals surface area contributed by atoms with Gasteiger partial charge in [-0.3, -0.25) is 4.90 Å². The summed E-state index contributed by atoms with van der Waals surface area (Å²) in [5.74, 6) is 0.719. The predicted octanol–water partition coefficient (Wildman–Crippen LogP) is 3.51. The highest BCUT2D eigenvalue weighted by molar-refractivity contribution is 5.28. The summed E-state index contributed by atoms with van der Waals surface area (Å²) in [6, 6.07) is 0. The molecule has 2 heterocycles. The molecule has 3 rings (SSSR count). The number of nitrogens with zero attached hydrogens (tertiary/aromatic N) is 1. The highest BCUT2D eigenvalue weighted by Crippen LogP contribution is 2.68. The molecule has 1 nitrogen and oxygen atoms in total. The minimum Gasteiger partial charge on any atom is -0.293 e. The maximum Gasteiger partial charge on any atom is 0.0872 e. The Labute approximate surface area is 97.7 Å². The predicted molar refractivity (Wildman–Crippen MR) is 63.9 cm³/mol. The first-order chi connectivity index (χ1) is 7.62. The van der Waals surface area contributed by atoms with Gasteiger partial charge in [0.1, 0.15) is 0 Å². The fraction of sp³-hybridized carbons (Fsp3) is 0.857. The van der Waals surface area contributed by atoms with Crippen molar-refractivity contribution in [3.8, 4) is 0 Å². The first kappa shape index (κ1) is 10.8. The molecular weight excluding hydrogens is 201 g/mol. The summed E-state index contributed by atoms with van der Waals surface area (Å²) in [4.78, 5) is 2.59. The van der Waals surface area contributed by atoms with E-state index in [1.165, 1.54) is 32.2 Å². The summed E-state index contributed by atoms with van der Waals surface area (Å²) in [6.45, 7) is 6.70. The molecule has 0 amide bonds. The molecule has 1 spiro atoms. The third-order valence-corrected chi connectivity index (χ3v) is 5.12. The van der Waals surface area contributed by atoms with Crippen LogP contribution in [0.25, 0.3) is 0 Å². The number of rotatable bonds is 2. The van der Waals surface area contributed by atoms with Crippen LogP contribution in [0.3, 0.4) is 0 Å². The zero-order valence-electron chi connectivity index (χ0n) is 10.4. The van der Waals surface area contributed by atoms with E-state index in [1.54, 1.807) is 0 Å². The van der Waals surface area contributed by atoms with E-state index < -0.39 is 0 Å². The van der Waals surface area contributed by atoms with Crippen molar-refractivity contribution in [1.82, 2.24) is 4.90 Å². The fourth-order valence-electron chi connectivity index (χ4n) is 4.37. The van der Waals surface area contributed by atoms with Crippen LogP contribution in [0.5, 0.6) is 0 Å². The lowest BCUT2D eigenvalue weighted by Crippen LogP contribution is -2.45. The fourth-order valence-corrected chi connectivity index (χ4v) is 4.37. The van der Waals surface area contributed by atoms with E-state index >= 15 is 0 Å². The second kappa shape index (κ2) is 3.32. The van der Waals surface area contributed by atoms with Crippen LogP contribution in [0.15, 0.2) is 11.9 Å². The summed E-state index contributed by atoms with van der Waals surface area (Å²) >= 11 is 0. The average Bonchev–Trinajstić information content (AvgIpc) is 2.87. The average molecular weight is 223 g/mol. The summed E-state index contributed by atoms with van der Waals surface area (Å²) in [5.41, 5.74) is 1.94. The summed E-state index contributed by atoms with van der Waals surface area (Å²) in [5, 5.41) is 0. The van der Waals surface area contributed by atoms with Crippen molar-refractivity contribution < 1.29 is 4.39 Å². The molecule has 0 N–H and O–H groups in total. The van der Waals surface area contributed by atoms with E-state index in [0.717, 1.165) is 30.8 Å². The monoisotopic (exact) mass is 223 g/mol. The third-order valence-electron chi connectivity index (χ3n) is 5.12. The van der Waals surface area contributed by atoms with Gasteiger partial charge in [0, 0.05) is 12.1 Å². The van der Waals surface area contributed by atoms with Crippen molar-refractivity contribution in [3.63, 3.8) is 0 Å². The Balaban J connectivity index is 1.94. The summed E-state index contributed by atoms with van der Waals surface area (Å²) in [7, 11) is 0. The summed E-state index contributed by atoms with van der Waals surface area (Å²) < 4.78 is 12.8. The molecule has 1 atom stereocenters. The molecule has 0 unspecified atom stereocenters. The molecule has 2 aliphatic heterocycles. The second-order valence-corrected chi connectivity index (χ2v) is 6.53. The molecule has 16 heavy (non-hydrogen) atoms. The van der Waals surface area contributed by atoms with Crippen LogP contribution in [0.2, 0.25) is 0 Å². The highest BCUT2D eigenvalue weighted by atomic mass is 19.1. The Morgan fingerprint density at radius 3 is 2.69 bits per heavy atom. The van der Waals surface area contributed by atoms with Gasteiger partial charge in [0.25, 0.3) is 0 Å². The quantitative estimate of drug-likeness (QED) is 0.692. The SMILES string of the molecule is CC(C)C[C@]12C/C(=C/F)CN1CCC21CC1. The van der Waals surface area contributed by atoms with Crippen LogP contribution in [-0.4, -0.2) is 23.5 Å². The normalized spacial score (nSPS) is 38.9. The van der Waals surface area contributed by atoms with Gasteiger partial charge < -0.3 is 0 Å². The molecule has 2 heteroatoms. The molecule has 1 saturated carbocycles. The van der Waals surface area contributed by atoms with Gasteiger partial charge in [0.05, 0.1) is 6.33 Å². The van der Waals surface area contributed by atoms with Gasteiger partial charge in [-0.25, -0.2) is 4.39 Å². The molecular formula is C14H22FN. The van der Waals surface area contributed by atoms with Crippen molar-refractivity contribution in [2.45, 2.75) is 51.5 Å². The summed E-state index contributed by atoms with van der Waals surface area (Å²) in [6.07, 6.45) is 7.26. The Kier molecular flexibility index (Phi) is 2.23. The smallest absolute Gasteiger partial charge is 0.0872 e. The molecule has 0 aromatic carbocycles. The van der Waals surface area contributed by atoms with Gasteiger partial charge in [-0.05, 0) is 55.6 Å². The van der Waals surface area contributed by atoms with Crippen LogP contribution >= 0.6 is 0 Å². The standard InChI is InChI=1S/C14H22FN/c1-11(2)7-14-8-12(9-15)10-16(14)6-5-13(14)3-4-13/h9,11H,3-8,10H2,1-2H3/b12-9-/t14-/m1/s1. The lowest BCUT2D eigenvalue weighted by atomic mass is 9.74. The zero-order valence-corrected chi connectivity index (χ0v) is 10.4. The van der Waals surface area contributed by atoms with E-state index in [9.17, 15) is 4.39 Å². The molecule has 0 bridgehead atoms. The molecule has 0 aromatic rings. The first-order valence-electron chi connectivity index (χ1n) is 6.65. The molecule has 0 radical (unpaired) electrons. The Bertz CT molecular complexity index is 330. The first-order valence-corrected chi connectivity index (χ1v) is 6.65. The van der Waals surface area contributed by atoms with E-state index in [1.807, 2.05) is 0 Å². The highest BCUT2D eigenvalue weighted by Gasteiger charge is 2.66. The van der Waals surface area contributed by atoms with Crippen molar-refractivity contribution in [2.24, 2.45) is 11.3 Å². The van der Waals surface area contributed by atoms with Gasteiger partial charge in [0.15, 0.2) is 0 Å². The van der Waals surface area contributed by atoms with Crippen molar-refractivity contribution in [3.05, 3.63) is 11.9 Å². The number of hydrogen-bond acceptors (Lipinski definition) is 1. The van der Waals surface area contributed by atoms with E-state index in [4.69, 9.17) is 0 Å². The van der Waals surface area contributed by atoms with Gasteiger partial charge in [-0.1, -0.05) is 13.8 Å². The van der Waals surface area contributed by atoms with Gasteiger partial charge >= 0.3 is 0 Å².